The van der Waals surface area contributed by atoms with E-state index in [0.29, 0.717) is 0 Å². The topological polar surface area (TPSA) is 48.6 Å². The normalized spacial score (nSPS) is 29.3. The standard InChI is InChI=1S/C10H16O.H2O/c1-8-6-4-5-7-10(8,3)9(2)11;/h1,4-7H2,2-3H3;1H2. The van der Waals surface area contributed by atoms with Crippen LogP contribution in [0.2, 0.25) is 0 Å². The molecule has 1 unspecified atom stereocenters. The lowest BCUT2D eigenvalue weighted by atomic mass is 9.70. The Labute approximate surface area is 74.0 Å². The van der Waals surface area contributed by atoms with Gasteiger partial charge in [-0.15, -0.1) is 0 Å². The van der Waals surface area contributed by atoms with E-state index in [-0.39, 0.29) is 16.7 Å². The maximum atomic E-state index is 11.3. The largest absolute Gasteiger partial charge is 0.412 e. The number of hydrogen-bond donors (Lipinski definition) is 0. The first-order valence-corrected chi connectivity index (χ1v) is 4.26. The molecule has 0 aliphatic heterocycles. The van der Waals surface area contributed by atoms with Gasteiger partial charge in [-0.1, -0.05) is 18.6 Å². The van der Waals surface area contributed by atoms with Crippen molar-refractivity contribution in [2.24, 2.45) is 5.41 Å². The molecule has 0 heterocycles. The summed E-state index contributed by atoms with van der Waals surface area (Å²) in [6.45, 7) is 7.67. The molecular weight excluding hydrogens is 152 g/mol. The van der Waals surface area contributed by atoms with Gasteiger partial charge in [0.1, 0.15) is 5.78 Å². The minimum Gasteiger partial charge on any atom is -0.412 e. The molecule has 1 aliphatic carbocycles. The minimum atomic E-state index is -0.196. The number of carbonyl (C=O) groups excluding carboxylic acids is 1. The summed E-state index contributed by atoms with van der Waals surface area (Å²) in [7, 11) is 0. The quantitative estimate of drug-likeness (QED) is 0.554. The van der Waals surface area contributed by atoms with Gasteiger partial charge < -0.3 is 5.48 Å². The Hall–Kier alpha value is -0.630. The van der Waals surface area contributed by atoms with Gasteiger partial charge in [0.25, 0.3) is 0 Å². The molecule has 2 heteroatoms. The summed E-state index contributed by atoms with van der Waals surface area (Å²) >= 11 is 0. The fourth-order valence-electron chi connectivity index (χ4n) is 1.69. The van der Waals surface area contributed by atoms with E-state index in [1.165, 1.54) is 12.8 Å². The molecule has 1 atom stereocenters. The second-order valence-electron chi connectivity index (χ2n) is 3.70. The molecular formula is C10H18O2. The molecule has 0 amide bonds. The van der Waals surface area contributed by atoms with E-state index >= 15 is 0 Å². The molecule has 70 valence electrons. The van der Waals surface area contributed by atoms with Gasteiger partial charge in [-0.3, -0.25) is 4.79 Å². The Morgan fingerprint density at radius 3 is 2.42 bits per heavy atom. The molecule has 0 bridgehead atoms. The van der Waals surface area contributed by atoms with E-state index < -0.39 is 0 Å². The second kappa shape index (κ2) is 3.85. The van der Waals surface area contributed by atoms with E-state index in [9.17, 15) is 4.79 Å². The van der Waals surface area contributed by atoms with Crippen molar-refractivity contribution >= 4 is 5.78 Å². The summed E-state index contributed by atoms with van der Waals surface area (Å²) in [6.07, 6.45) is 4.42. The van der Waals surface area contributed by atoms with Gasteiger partial charge in [0.15, 0.2) is 0 Å². The van der Waals surface area contributed by atoms with Crippen molar-refractivity contribution in [3.05, 3.63) is 12.2 Å². The maximum Gasteiger partial charge on any atom is 0.139 e. The summed E-state index contributed by atoms with van der Waals surface area (Å²) < 4.78 is 0. The van der Waals surface area contributed by atoms with Gasteiger partial charge in [0, 0.05) is 5.41 Å². The zero-order valence-corrected chi connectivity index (χ0v) is 7.94. The first kappa shape index (κ1) is 11.4. The van der Waals surface area contributed by atoms with Crippen molar-refractivity contribution in [3.63, 3.8) is 0 Å². The third-order valence-electron chi connectivity index (χ3n) is 2.96. The van der Waals surface area contributed by atoms with Gasteiger partial charge in [-0.05, 0) is 33.1 Å². The van der Waals surface area contributed by atoms with Crippen LogP contribution in [0.3, 0.4) is 0 Å². The van der Waals surface area contributed by atoms with Crippen LogP contribution in [0.4, 0.5) is 0 Å². The summed E-state index contributed by atoms with van der Waals surface area (Å²) in [5, 5.41) is 0. The molecule has 0 spiro atoms. The molecule has 1 fully saturated rings. The van der Waals surface area contributed by atoms with Crippen LogP contribution >= 0.6 is 0 Å². The predicted octanol–water partition coefficient (Wildman–Crippen LogP) is 1.89. The first-order valence-electron chi connectivity index (χ1n) is 4.26. The van der Waals surface area contributed by atoms with Gasteiger partial charge >= 0.3 is 0 Å². The average Bonchev–Trinajstić information content (AvgIpc) is 1.95. The predicted molar refractivity (Wildman–Crippen MR) is 50.0 cm³/mol. The summed E-state index contributed by atoms with van der Waals surface area (Å²) in [4.78, 5) is 11.3. The average molecular weight is 170 g/mol. The van der Waals surface area contributed by atoms with E-state index in [0.717, 1.165) is 18.4 Å². The molecule has 0 saturated heterocycles. The van der Waals surface area contributed by atoms with Crippen LogP contribution in [0.5, 0.6) is 0 Å². The highest BCUT2D eigenvalue weighted by atomic mass is 16.1. The van der Waals surface area contributed by atoms with Gasteiger partial charge in [-0.2, -0.15) is 0 Å². The van der Waals surface area contributed by atoms with Crippen LogP contribution in [0.1, 0.15) is 39.5 Å². The van der Waals surface area contributed by atoms with Gasteiger partial charge in [-0.25, -0.2) is 0 Å². The molecule has 0 aromatic carbocycles. The Kier molecular flexibility index (Phi) is 3.65. The SMILES string of the molecule is C=C1CCCCC1(C)C(C)=O.O. The van der Waals surface area contributed by atoms with Crippen LogP contribution in [0.15, 0.2) is 12.2 Å². The number of Topliss-reactive ketones (excluding diaryl/α,β-unsaturated/α-hetero) is 1. The number of carbonyl (C=O) groups is 1. The lowest BCUT2D eigenvalue weighted by Crippen LogP contribution is -2.30. The lowest BCUT2D eigenvalue weighted by molar-refractivity contribution is -0.124. The van der Waals surface area contributed by atoms with Gasteiger partial charge in [0.05, 0.1) is 0 Å². The zero-order chi connectivity index (χ0) is 8.48. The third kappa shape index (κ3) is 1.75. The van der Waals surface area contributed by atoms with Gasteiger partial charge in [0.2, 0.25) is 0 Å². The van der Waals surface area contributed by atoms with E-state index in [2.05, 4.69) is 6.58 Å². The minimum absolute atomic E-state index is 0. The first-order chi connectivity index (χ1) is 5.07. The Bertz CT molecular complexity index is 196. The zero-order valence-electron chi connectivity index (χ0n) is 7.94. The fraction of sp³-hybridized carbons (Fsp3) is 0.700. The van der Waals surface area contributed by atoms with E-state index in [4.69, 9.17) is 0 Å². The van der Waals surface area contributed by atoms with Crippen molar-refractivity contribution in [1.29, 1.82) is 0 Å². The molecule has 0 radical (unpaired) electrons. The summed E-state index contributed by atoms with van der Waals surface area (Å²) in [5.41, 5.74) is 0.939. The number of hydrogen-bond acceptors (Lipinski definition) is 1. The van der Waals surface area contributed by atoms with Crippen molar-refractivity contribution in [3.8, 4) is 0 Å². The molecule has 2 nitrogen and oxygen atoms in total. The monoisotopic (exact) mass is 170 g/mol. The Morgan fingerprint density at radius 2 is 2.08 bits per heavy atom. The molecule has 12 heavy (non-hydrogen) atoms. The van der Waals surface area contributed by atoms with Crippen LogP contribution < -0.4 is 0 Å². The van der Waals surface area contributed by atoms with E-state index in [1.54, 1.807) is 6.92 Å². The smallest absolute Gasteiger partial charge is 0.139 e. The number of rotatable bonds is 1. The molecule has 1 saturated carbocycles. The summed E-state index contributed by atoms with van der Waals surface area (Å²) in [5.74, 6) is 0.280. The van der Waals surface area contributed by atoms with Crippen LogP contribution in [-0.2, 0) is 4.79 Å². The molecule has 2 N–H and O–H groups in total. The fourth-order valence-corrected chi connectivity index (χ4v) is 1.69. The van der Waals surface area contributed by atoms with Crippen LogP contribution in [0, 0.1) is 5.41 Å². The molecule has 0 aromatic heterocycles. The molecule has 0 aromatic rings. The van der Waals surface area contributed by atoms with E-state index in [1.807, 2.05) is 6.92 Å². The second-order valence-corrected chi connectivity index (χ2v) is 3.70. The highest BCUT2D eigenvalue weighted by Crippen LogP contribution is 2.39. The van der Waals surface area contributed by atoms with Crippen molar-refractivity contribution in [2.75, 3.05) is 0 Å². The summed E-state index contributed by atoms with van der Waals surface area (Å²) in [6, 6.07) is 0. The van der Waals surface area contributed by atoms with Crippen LogP contribution in [0.25, 0.3) is 0 Å². The van der Waals surface area contributed by atoms with Crippen molar-refractivity contribution < 1.29 is 10.3 Å². The highest BCUT2D eigenvalue weighted by Gasteiger charge is 2.34. The third-order valence-corrected chi connectivity index (χ3v) is 2.96. The van der Waals surface area contributed by atoms with Crippen molar-refractivity contribution in [2.45, 2.75) is 39.5 Å². The van der Waals surface area contributed by atoms with Crippen molar-refractivity contribution in [1.82, 2.24) is 0 Å². The number of allylic oxidation sites excluding steroid dienone is 1. The molecule has 1 rings (SSSR count). The Balaban J connectivity index is 0.00000121. The maximum absolute atomic E-state index is 11.3. The molecule has 1 aliphatic rings. The number of ketones is 1. The lowest BCUT2D eigenvalue weighted by Gasteiger charge is -2.33. The Morgan fingerprint density at radius 1 is 1.50 bits per heavy atom. The van der Waals surface area contributed by atoms with Crippen LogP contribution in [-0.4, -0.2) is 11.3 Å². The highest BCUT2D eigenvalue weighted by molar-refractivity contribution is 5.85.